The van der Waals surface area contributed by atoms with E-state index in [1.54, 1.807) is 32.0 Å². The van der Waals surface area contributed by atoms with Crippen LogP contribution < -0.4 is 14.2 Å². The summed E-state index contributed by atoms with van der Waals surface area (Å²) in [5.41, 5.74) is 1.35. The third-order valence-corrected chi connectivity index (χ3v) is 6.82. The van der Waals surface area contributed by atoms with E-state index >= 15 is 0 Å². The zero-order valence-corrected chi connectivity index (χ0v) is 16.4. The van der Waals surface area contributed by atoms with E-state index in [2.05, 4.69) is 4.72 Å². The third kappa shape index (κ3) is 3.17. The van der Waals surface area contributed by atoms with E-state index in [1.807, 2.05) is 0 Å². The number of anilines is 1. The predicted octanol–water partition coefficient (Wildman–Crippen LogP) is 3.84. The summed E-state index contributed by atoms with van der Waals surface area (Å²) in [5.74, 6) is -0.688. The first-order chi connectivity index (χ1) is 13.2. The van der Waals surface area contributed by atoms with Crippen molar-refractivity contribution >= 4 is 21.7 Å². The van der Waals surface area contributed by atoms with Crippen LogP contribution in [0.4, 0.5) is 5.69 Å². The second-order valence-corrected chi connectivity index (χ2v) is 8.96. The lowest BCUT2D eigenvalue weighted by atomic mass is 10.1. The fourth-order valence-electron chi connectivity index (χ4n) is 3.71. The number of ether oxygens (including phenoxy) is 2. The van der Waals surface area contributed by atoms with E-state index in [0.717, 1.165) is 25.7 Å². The van der Waals surface area contributed by atoms with Crippen molar-refractivity contribution in [2.24, 2.45) is 0 Å². The van der Waals surface area contributed by atoms with E-state index in [0.29, 0.717) is 28.3 Å². The van der Waals surface area contributed by atoms with Crippen LogP contribution >= 0.6 is 0 Å². The Hall–Kier alpha value is -2.74. The van der Waals surface area contributed by atoms with Gasteiger partial charge >= 0.3 is 5.97 Å². The van der Waals surface area contributed by atoms with Crippen LogP contribution in [0.25, 0.3) is 0 Å². The molecule has 4 rings (SSSR count). The zero-order valence-electron chi connectivity index (χ0n) is 15.6. The maximum absolute atomic E-state index is 12.9. The van der Waals surface area contributed by atoms with Gasteiger partial charge in [0.1, 0.15) is 0 Å². The fourth-order valence-corrected chi connectivity index (χ4v) is 5.11. The van der Waals surface area contributed by atoms with Crippen molar-refractivity contribution < 1.29 is 27.8 Å². The van der Waals surface area contributed by atoms with Gasteiger partial charge in [-0.25, -0.2) is 13.2 Å². The average Bonchev–Trinajstić information content (AvgIpc) is 3.22. The van der Waals surface area contributed by atoms with E-state index in [1.165, 1.54) is 12.1 Å². The summed E-state index contributed by atoms with van der Waals surface area (Å²) in [6.07, 6.45) is 3.68. The maximum atomic E-state index is 12.9. The van der Waals surface area contributed by atoms with Gasteiger partial charge in [0, 0.05) is 18.9 Å². The largest absolute Gasteiger partial charge is 0.478 e. The molecule has 2 N–H and O–H groups in total. The molecule has 8 heteroatoms. The molecule has 0 bridgehead atoms. The molecule has 7 nitrogen and oxygen atoms in total. The fraction of sp³-hybridized carbons (Fsp3) is 0.350. The molecular formula is C20H21NO6S. The summed E-state index contributed by atoms with van der Waals surface area (Å²) in [4.78, 5) is 11.2. The molecular weight excluding hydrogens is 382 g/mol. The molecule has 1 aliphatic carbocycles. The van der Waals surface area contributed by atoms with Crippen molar-refractivity contribution in [1.82, 2.24) is 0 Å². The number of aryl methyl sites for hydroxylation is 1. The lowest BCUT2D eigenvalue weighted by Gasteiger charge is -2.21. The minimum absolute atomic E-state index is 0.0603. The van der Waals surface area contributed by atoms with Gasteiger partial charge in [-0.05, 0) is 62.1 Å². The molecule has 2 aromatic rings. The van der Waals surface area contributed by atoms with Crippen LogP contribution in [0.15, 0.2) is 35.2 Å². The standard InChI is InChI=1S/C20H21NO6S/c1-12-9-14(19(22)23)10-18(13(12)2)28(24,25)21-15-5-6-16-17(11-15)27-20(26-16)7-3-4-8-20/h5-6,9-11,21H,3-4,7-8H2,1-2H3,(H,22,23). The summed E-state index contributed by atoms with van der Waals surface area (Å²) in [7, 11) is -3.98. The predicted molar refractivity (Wildman–Crippen MR) is 103 cm³/mol. The molecule has 28 heavy (non-hydrogen) atoms. The molecule has 0 saturated heterocycles. The molecule has 148 valence electrons. The molecule has 2 aromatic carbocycles. The molecule has 1 aliphatic heterocycles. The Balaban J connectivity index is 1.64. The van der Waals surface area contributed by atoms with Crippen molar-refractivity contribution in [2.75, 3.05) is 4.72 Å². The Labute approximate surface area is 163 Å². The van der Waals surface area contributed by atoms with Crippen molar-refractivity contribution in [3.63, 3.8) is 0 Å². The number of carboxylic acid groups (broad SMARTS) is 1. The molecule has 1 heterocycles. The summed E-state index contributed by atoms with van der Waals surface area (Å²) < 4.78 is 40.3. The van der Waals surface area contributed by atoms with Gasteiger partial charge in [-0.1, -0.05) is 0 Å². The first-order valence-electron chi connectivity index (χ1n) is 9.09. The topological polar surface area (TPSA) is 102 Å². The number of hydrogen-bond acceptors (Lipinski definition) is 5. The van der Waals surface area contributed by atoms with Gasteiger partial charge < -0.3 is 14.6 Å². The highest BCUT2D eigenvalue weighted by Crippen LogP contribution is 2.47. The summed E-state index contributed by atoms with van der Waals surface area (Å²) in [6, 6.07) is 7.53. The monoisotopic (exact) mass is 403 g/mol. The maximum Gasteiger partial charge on any atom is 0.335 e. The Morgan fingerprint density at radius 3 is 2.43 bits per heavy atom. The quantitative estimate of drug-likeness (QED) is 0.804. The third-order valence-electron chi connectivity index (χ3n) is 5.31. The molecule has 0 amide bonds. The smallest absolute Gasteiger partial charge is 0.335 e. The van der Waals surface area contributed by atoms with Gasteiger partial charge in [-0.3, -0.25) is 4.72 Å². The van der Waals surface area contributed by atoms with Gasteiger partial charge in [-0.2, -0.15) is 0 Å². The van der Waals surface area contributed by atoms with Crippen molar-refractivity contribution in [3.8, 4) is 11.5 Å². The highest BCUT2D eigenvalue weighted by Gasteiger charge is 2.44. The molecule has 1 spiro atoms. The number of sulfonamides is 1. The van der Waals surface area contributed by atoms with Gasteiger partial charge in [0.2, 0.25) is 0 Å². The molecule has 0 aromatic heterocycles. The minimum Gasteiger partial charge on any atom is -0.478 e. The first-order valence-corrected chi connectivity index (χ1v) is 10.6. The van der Waals surface area contributed by atoms with Crippen LogP contribution in [0.3, 0.4) is 0 Å². The van der Waals surface area contributed by atoms with E-state index in [4.69, 9.17) is 9.47 Å². The molecule has 1 fully saturated rings. The van der Waals surface area contributed by atoms with Crippen LogP contribution in [0, 0.1) is 13.8 Å². The van der Waals surface area contributed by atoms with E-state index in [9.17, 15) is 18.3 Å². The summed E-state index contributed by atoms with van der Waals surface area (Å²) in [5, 5.41) is 9.24. The highest BCUT2D eigenvalue weighted by molar-refractivity contribution is 7.92. The number of carboxylic acids is 1. The lowest BCUT2D eigenvalue weighted by Crippen LogP contribution is -2.34. The van der Waals surface area contributed by atoms with Gasteiger partial charge in [-0.15, -0.1) is 0 Å². The number of hydrogen-bond donors (Lipinski definition) is 2. The van der Waals surface area contributed by atoms with Crippen molar-refractivity contribution in [2.45, 2.75) is 50.2 Å². The van der Waals surface area contributed by atoms with Gasteiger partial charge in [0.05, 0.1) is 16.1 Å². The number of aromatic carboxylic acids is 1. The summed E-state index contributed by atoms with van der Waals surface area (Å²) >= 11 is 0. The number of benzene rings is 2. The Bertz CT molecular complexity index is 1070. The first kappa shape index (κ1) is 18.6. The van der Waals surface area contributed by atoms with Gasteiger partial charge in [0.25, 0.3) is 15.8 Å². The Morgan fingerprint density at radius 1 is 1.07 bits per heavy atom. The van der Waals surface area contributed by atoms with Crippen LogP contribution in [-0.2, 0) is 10.0 Å². The lowest BCUT2D eigenvalue weighted by molar-refractivity contribution is -0.0716. The second kappa shape index (κ2) is 6.41. The number of carbonyl (C=O) groups is 1. The van der Waals surface area contributed by atoms with Crippen LogP contribution in [0.2, 0.25) is 0 Å². The number of rotatable bonds is 4. The second-order valence-electron chi connectivity index (χ2n) is 7.31. The van der Waals surface area contributed by atoms with Gasteiger partial charge in [0.15, 0.2) is 11.5 Å². The minimum atomic E-state index is -3.98. The SMILES string of the molecule is Cc1cc(C(=O)O)cc(S(=O)(=O)Nc2ccc3c(c2)OC2(CCCC2)O3)c1C. The summed E-state index contributed by atoms with van der Waals surface area (Å²) in [6.45, 7) is 3.33. The highest BCUT2D eigenvalue weighted by atomic mass is 32.2. The Kier molecular flexibility index (Phi) is 4.26. The average molecular weight is 403 g/mol. The molecule has 0 atom stereocenters. The van der Waals surface area contributed by atoms with Crippen molar-refractivity contribution in [1.29, 1.82) is 0 Å². The zero-order chi connectivity index (χ0) is 20.1. The number of nitrogens with one attached hydrogen (secondary N) is 1. The van der Waals surface area contributed by atoms with Crippen LogP contribution in [-0.4, -0.2) is 25.3 Å². The van der Waals surface area contributed by atoms with Crippen LogP contribution in [0.1, 0.15) is 47.2 Å². The molecule has 1 saturated carbocycles. The van der Waals surface area contributed by atoms with Crippen molar-refractivity contribution in [3.05, 3.63) is 47.0 Å². The Morgan fingerprint density at radius 2 is 1.75 bits per heavy atom. The molecule has 0 radical (unpaired) electrons. The van der Waals surface area contributed by atoms with E-state index in [-0.39, 0.29) is 10.5 Å². The molecule has 2 aliphatic rings. The van der Waals surface area contributed by atoms with E-state index < -0.39 is 21.8 Å². The normalized spacial score (nSPS) is 17.1. The number of fused-ring (bicyclic) bond motifs is 1. The van der Waals surface area contributed by atoms with Crippen LogP contribution in [0.5, 0.6) is 11.5 Å². The molecule has 0 unspecified atom stereocenters.